The number of esters is 2. The summed E-state index contributed by atoms with van der Waals surface area (Å²) in [6.45, 7) is 9.76. The van der Waals surface area contributed by atoms with E-state index in [-0.39, 0.29) is 19.4 Å². The smallest absolute Gasteiger partial charge is 0.408 e. The second kappa shape index (κ2) is 13.5. The van der Waals surface area contributed by atoms with Gasteiger partial charge in [-0.05, 0) is 53.5 Å². The SMILES string of the molecule is CC(C)(C)OC(=O)[C@H](CC(=O)O)NC(=O)CC[C@H](NC(=O)OCc1ccccc1)C(=O)OC(C)(C)C. The normalized spacial score (nSPS) is 13.1. The van der Waals surface area contributed by atoms with Crippen molar-refractivity contribution >= 4 is 29.9 Å². The Morgan fingerprint density at radius 3 is 1.86 bits per heavy atom. The van der Waals surface area contributed by atoms with Crippen LogP contribution < -0.4 is 10.6 Å². The van der Waals surface area contributed by atoms with Crippen molar-refractivity contribution in [3.8, 4) is 0 Å². The van der Waals surface area contributed by atoms with Gasteiger partial charge in [-0.1, -0.05) is 30.3 Å². The summed E-state index contributed by atoms with van der Waals surface area (Å²) in [6.07, 6.45) is -2.07. The summed E-state index contributed by atoms with van der Waals surface area (Å²) in [4.78, 5) is 60.9. The molecule has 1 aromatic rings. The third-order valence-electron chi connectivity index (χ3n) is 4.26. The maximum absolute atomic E-state index is 12.6. The fourth-order valence-corrected chi connectivity index (χ4v) is 2.81. The first-order valence-electron chi connectivity index (χ1n) is 11.5. The third kappa shape index (κ3) is 13.3. The molecule has 0 fully saturated rings. The molecule has 200 valence electrons. The molecular formula is C25H36N2O9. The van der Waals surface area contributed by atoms with Gasteiger partial charge in [0.15, 0.2) is 0 Å². The molecule has 11 nitrogen and oxygen atoms in total. The largest absolute Gasteiger partial charge is 0.481 e. The van der Waals surface area contributed by atoms with Crippen molar-refractivity contribution < 1.29 is 43.3 Å². The van der Waals surface area contributed by atoms with Crippen LogP contribution in [0.3, 0.4) is 0 Å². The van der Waals surface area contributed by atoms with E-state index in [0.717, 1.165) is 5.56 Å². The first-order chi connectivity index (χ1) is 16.6. The van der Waals surface area contributed by atoms with Crippen LogP contribution in [0.15, 0.2) is 30.3 Å². The average molecular weight is 509 g/mol. The maximum atomic E-state index is 12.6. The van der Waals surface area contributed by atoms with Crippen LogP contribution >= 0.6 is 0 Å². The van der Waals surface area contributed by atoms with Gasteiger partial charge in [0.05, 0.1) is 6.42 Å². The van der Waals surface area contributed by atoms with Crippen LogP contribution in [0.2, 0.25) is 0 Å². The van der Waals surface area contributed by atoms with Crippen molar-refractivity contribution in [2.75, 3.05) is 0 Å². The highest BCUT2D eigenvalue weighted by Gasteiger charge is 2.31. The van der Waals surface area contributed by atoms with Crippen molar-refractivity contribution in [3.05, 3.63) is 35.9 Å². The summed E-state index contributed by atoms with van der Waals surface area (Å²) in [5.41, 5.74) is -0.992. The molecule has 0 bridgehead atoms. The Bertz CT molecular complexity index is 918. The molecule has 2 atom stereocenters. The monoisotopic (exact) mass is 508 g/mol. The van der Waals surface area contributed by atoms with E-state index in [4.69, 9.17) is 19.3 Å². The molecule has 0 spiro atoms. The van der Waals surface area contributed by atoms with Gasteiger partial charge in [-0.3, -0.25) is 9.59 Å². The maximum Gasteiger partial charge on any atom is 0.408 e. The summed E-state index contributed by atoms with van der Waals surface area (Å²) in [6, 6.07) is 6.27. The molecule has 11 heteroatoms. The van der Waals surface area contributed by atoms with Gasteiger partial charge in [0, 0.05) is 6.42 Å². The van der Waals surface area contributed by atoms with Gasteiger partial charge in [-0.25, -0.2) is 14.4 Å². The predicted molar refractivity (Wildman–Crippen MR) is 129 cm³/mol. The molecule has 0 saturated heterocycles. The second-order valence-corrected chi connectivity index (χ2v) is 10.1. The van der Waals surface area contributed by atoms with E-state index in [9.17, 15) is 24.0 Å². The summed E-state index contributed by atoms with van der Waals surface area (Å²) < 4.78 is 15.6. The Morgan fingerprint density at radius 1 is 0.833 bits per heavy atom. The lowest BCUT2D eigenvalue weighted by atomic mass is 10.1. The Kier molecular flexibility index (Phi) is 11.4. The van der Waals surface area contributed by atoms with E-state index in [1.54, 1.807) is 65.8 Å². The molecule has 0 aliphatic carbocycles. The lowest BCUT2D eigenvalue weighted by molar-refractivity contribution is -0.161. The van der Waals surface area contributed by atoms with Gasteiger partial charge in [-0.2, -0.15) is 0 Å². The number of benzene rings is 1. The van der Waals surface area contributed by atoms with Crippen LogP contribution in [-0.4, -0.2) is 58.3 Å². The first kappa shape index (κ1) is 30.4. The van der Waals surface area contributed by atoms with Crippen molar-refractivity contribution in [1.82, 2.24) is 10.6 Å². The fourth-order valence-electron chi connectivity index (χ4n) is 2.81. The number of amides is 2. The third-order valence-corrected chi connectivity index (χ3v) is 4.26. The van der Waals surface area contributed by atoms with Crippen molar-refractivity contribution in [2.45, 2.75) is 90.7 Å². The first-order valence-corrected chi connectivity index (χ1v) is 11.5. The molecule has 0 aliphatic heterocycles. The van der Waals surface area contributed by atoms with E-state index in [1.807, 2.05) is 6.07 Å². The minimum Gasteiger partial charge on any atom is -0.481 e. The minimum atomic E-state index is -1.42. The molecule has 0 aromatic heterocycles. The molecule has 1 rings (SSSR count). The number of carboxylic acids is 1. The second-order valence-electron chi connectivity index (χ2n) is 10.1. The highest BCUT2D eigenvalue weighted by Crippen LogP contribution is 2.13. The van der Waals surface area contributed by atoms with Crippen LogP contribution in [0.1, 0.15) is 66.4 Å². The minimum absolute atomic E-state index is 0.0268. The van der Waals surface area contributed by atoms with E-state index >= 15 is 0 Å². The topological polar surface area (TPSA) is 157 Å². The standard InChI is InChI=1S/C25H36N2O9/c1-24(2,3)35-21(31)17(27-23(33)34-15-16-10-8-7-9-11-16)12-13-19(28)26-18(14-20(29)30)22(32)36-25(4,5)6/h7-11,17-18H,12-15H2,1-6H3,(H,26,28)(H,27,33)(H,29,30)/t17-,18-/m0/s1. The summed E-state index contributed by atoms with van der Waals surface area (Å²) in [5, 5.41) is 13.8. The van der Waals surface area contributed by atoms with Crippen LogP contribution in [0.25, 0.3) is 0 Å². The van der Waals surface area contributed by atoms with Gasteiger partial charge in [0.1, 0.15) is 29.9 Å². The molecule has 0 radical (unpaired) electrons. The molecule has 36 heavy (non-hydrogen) atoms. The number of hydrogen-bond acceptors (Lipinski definition) is 8. The van der Waals surface area contributed by atoms with Crippen LogP contribution in [0.4, 0.5) is 4.79 Å². The molecule has 2 amide bonds. The Balaban J connectivity index is 2.81. The lowest BCUT2D eigenvalue weighted by Gasteiger charge is -2.25. The zero-order valence-corrected chi connectivity index (χ0v) is 21.6. The Morgan fingerprint density at radius 2 is 1.36 bits per heavy atom. The lowest BCUT2D eigenvalue weighted by Crippen LogP contribution is -2.47. The number of aliphatic carboxylic acids is 1. The molecule has 0 heterocycles. The molecule has 1 aromatic carbocycles. The quantitative estimate of drug-likeness (QED) is 0.302. The van der Waals surface area contributed by atoms with Gasteiger partial charge >= 0.3 is 24.0 Å². The number of alkyl carbamates (subject to hydrolysis) is 1. The molecule has 3 N–H and O–H groups in total. The van der Waals surface area contributed by atoms with Gasteiger partial charge < -0.3 is 30.0 Å². The number of hydrogen-bond donors (Lipinski definition) is 3. The Labute approximate surface area is 210 Å². The van der Waals surface area contributed by atoms with Crippen molar-refractivity contribution in [3.63, 3.8) is 0 Å². The van der Waals surface area contributed by atoms with E-state index in [1.165, 1.54) is 0 Å². The number of ether oxygens (including phenoxy) is 3. The number of carboxylic acid groups (broad SMARTS) is 1. The highest BCUT2D eigenvalue weighted by molar-refractivity contribution is 5.88. The highest BCUT2D eigenvalue weighted by atomic mass is 16.6. The van der Waals surface area contributed by atoms with Crippen molar-refractivity contribution in [1.29, 1.82) is 0 Å². The number of carbonyl (C=O) groups is 5. The Hall–Kier alpha value is -3.63. The van der Waals surface area contributed by atoms with Gasteiger partial charge in [0.25, 0.3) is 0 Å². The van der Waals surface area contributed by atoms with Crippen molar-refractivity contribution in [2.24, 2.45) is 0 Å². The fraction of sp³-hybridized carbons (Fsp3) is 0.560. The zero-order valence-electron chi connectivity index (χ0n) is 21.6. The predicted octanol–water partition coefficient (Wildman–Crippen LogP) is 2.70. The molecule has 0 saturated carbocycles. The van der Waals surface area contributed by atoms with E-state index in [2.05, 4.69) is 10.6 Å². The van der Waals surface area contributed by atoms with Gasteiger partial charge in [-0.15, -0.1) is 0 Å². The average Bonchev–Trinajstić information content (AvgIpc) is 2.72. The van der Waals surface area contributed by atoms with E-state index in [0.29, 0.717) is 0 Å². The van der Waals surface area contributed by atoms with Gasteiger partial charge in [0.2, 0.25) is 5.91 Å². The summed E-state index contributed by atoms with van der Waals surface area (Å²) in [5.74, 6) is -3.69. The molecule has 0 unspecified atom stereocenters. The summed E-state index contributed by atoms with van der Waals surface area (Å²) in [7, 11) is 0. The zero-order chi connectivity index (χ0) is 27.5. The molecular weight excluding hydrogens is 472 g/mol. The summed E-state index contributed by atoms with van der Waals surface area (Å²) >= 11 is 0. The van der Waals surface area contributed by atoms with E-state index < -0.39 is 59.6 Å². The number of nitrogens with one attached hydrogen (secondary N) is 2. The number of rotatable bonds is 11. The van der Waals surface area contributed by atoms with Crippen LogP contribution in [0, 0.1) is 0 Å². The van der Waals surface area contributed by atoms with Crippen LogP contribution in [0.5, 0.6) is 0 Å². The van der Waals surface area contributed by atoms with Crippen LogP contribution in [-0.2, 0) is 40.0 Å². The number of carbonyl (C=O) groups excluding carboxylic acids is 4. The molecule has 0 aliphatic rings.